The summed E-state index contributed by atoms with van der Waals surface area (Å²) in [5.74, 6) is 0. The summed E-state index contributed by atoms with van der Waals surface area (Å²) in [5, 5.41) is 3.11. The fraction of sp³-hybridized carbons (Fsp3) is 1.00. The van der Waals surface area contributed by atoms with E-state index in [0.29, 0.717) is 0 Å². The topological polar surface area (TPSA) is 21.3 Å². The Morgan fingerprint density at radius 3 is 2.36 bits per heavy atom. The van der Waals surface area contributed by atoms with Gasteiger partial charge in [0.05, 0.1) is 6.61 Å². The lowest BCUT2D eigenvalue weighted by atomic mass is 10.0. The molecule has 0 saturated heterocycles. The first-order valence-corrected chi connectivity index (χ1v) is 4.87. The van der Waals surface area contributed by atoms with Crippen molar-refractivity contribution in [2.45, 2.75) is 44.5 Å². The van der Waals surface area contributed by atoms with Gasteiger partial charge in [0.25, 0.3) is 0 Å². The number of rotatable bonds is 4. The lowest BCUT2D eigenvalue weighted by Crippen LogP contribution is -2.41. The molecule has 1 N–H and O–H groups in total. The van der Waals surface area contributed by atoms with Crippen molar-refractivity contribution < 1.29 is 17.9 Å². The lowest BCUT2D eigenvalue weighted by Gasteiger charge is -2.25. The van der Waals surface area contributed by atoms with E-state index in [9.17, 15) is 13.2 Å². The molecule has 1 rings (SSSR count). The first-order chi connectivity index (χ1) is 6.41. The molecule has 0 bridgehead atoms. The summed E-state index contributed by atoms with van der Waals surface area (Å²) in [7, 11) is 0. The predicted molar refractivity (Wildman–Crippen MR) is 46.9 cm³/mol. The average molecular weight is 211 g/mol. The highest BCUT2D eigenvalue weighted by Crippen LogP contribution is 2.28. The van der Waals surface area contributed by atoms with Crippen LogP contribution in [0.15, 0.2) is 0 Å². The number of hydrogen-bond donors (Lipinski definition) is 1. The second-order valence-electron chi connectivity index (χ2n) is 3.99. The van der Waals surface area contributed by atoms with Gasteiger partial charge in [-0.2, -0.15) is 0 Å². The third kappa shape index (κ3) is 4.28. The molecule has 1 aliphatic carbocycles. The van der Waals surface area contributed by atoms with Crippen LogP contribution in [0.4, 0.5) is 13.2 Å². The fourth-order valence-electron chi connectivity index (χ4n) is 1.85. The summed E-state index contributed by atoms with van der Waals surface area (Å²) < 4.78 is 38.5. The number of hydrogen-bond acceptors (Lipinski definition) is 2. The van der Waals surface area contributed by atoms with Gasteiger partial charge in [0.2, 0.25) is 0 Å². The first-order valence-electron chi connectivity index (χ1n) is 4.87. The summed E-state index contributed by atoms with van der Waals surface area (Å²) in [6, 6.07) is 0. The number of halogens is 3. The summed E-state index contributed by atoms with van der Waals surface area (Å²) in [6.45, 7) is 2.00. The molecule has 1 fully saturated rings. The Labute approximate surface area is 81.8 Å². The molecule has 0 aromatic rings. The van der Waals surface area contributed by atoms with Crippen LogP contribution in [0.25, 0.3) is 0 Å². The highest BCUT2D eigenvalue weighted by atomic mass is 19.4. The van der Waals surface area contributed by atoms with E-state index < -0.39 is 6.36 Å². The molecule has 0 aromatic carbocycles. The van der Waals surface area contributed by atoms with Crippen molar-refractivity contribution in [3.8, 4) is 0 Å². The normalized spacial score (nSPS) is 21.4. The third-order valence-corrected chi connectivity index (χ3v) is 2.63. The Hall–Kier alpha value is -0.290. The van der Waals surface area contributed by atoms with Crippen LogP contribution in [-0.2, 0) is 4.74 Å². The van der Waals surface area contributed by atoms with Gasteiger partial charge in [0.1, 0.15) is 0 Å². The van der Waals surface area contributed by atoms with Crippen LogP contribution in [0, 0.1) is 0 Å². The molecule has 1 aliphatic rings. The highest BCUT2D eigenvalue weighted by molar-refractivity contribution is 4.87. The zero-order chi connectivity index (χ0) is 10.7. The second kappa shape index (κ2) is 4.49. The standard InChI is InChI=1S/C9H16F3NO/c1-8(4-2-3-5-8)13-6-7-14-9(10,11)12/h13H,2-7H2,1H3. The number of ether oxygens (including phenoxy) is 1. The van der Waals surface area contributed by atoms with Crippen molar-refractivity contribution in [2.24, 2.45) is 0 Å². The highest BCUT2D eigenvalue weighted by Gasteiger charge is 2.30. The van der Waals surface area contributed by atoms with Crippen molar-refractivity contribution in [3.05, 3.63) is 0 Å². The van der Waals surface area contributed by atoms with E-state index in [2.05, 4.69) is 10.1 Å². The van der Waals surface area contributed by atoms with Crippen LogP contribution < -0.4 is 5.32 Å². The maximum atomic E-state index is 11.6. The van der Waals surface area contributed by atoms with E-state index in [1.54, 1.807) is 0 Å². The Kier molecular flexibility index (Phi) is 3.78. The lowest BCUT2D eigenvalue weighted by molar-refractivity contribution is -0.323. The second-order valence-corrected chi connectivity index (χ2v) is 3.99. The monoisotopic (exact) mass is 211 g/mol. The molecule has 0 heterocycles. The minimum Gasteiger partial charge on any atom is -0.309 e. The van der Waals surface area contributed by atoms with Gasteiger partial charge >= 0.3 is 6.36 Å². The van der Waals surface area contributed by atoms with Crippen LogP contribution in [-0.4, -0.2) is 25.1 Å². The van der Waals surface area contributed by atoms with E-state index in [4.69, 9.17) is 0 Å². The third-order valence-electron chi connectivity index (χ3n) is 2.63. The molecular formula is C9H16F3NO. The molecule has 0 radical (unpaired) electrons. The zero-order valence-corrected chi connectivity index (χ0v) is 8.28. The van der Waals surface area contributed by atoms with Gasteiger partial charge in [-0.25, -0.2) is 0 Å². The van der Waals surface area contributed by atoms with Gasteiger partial charge in [0, 0.05) is 12.1 Å². The first kappa shape index (κ1) is 11.8. The fourth-order valence-corrected chi connectivity index (χ4v) is 1.85. The van der Waals surface area contributed by atoms with E-state index in [1.165, 1.54) is 0 Å². The molecule has 0 amide bonds. The van der Waals surface area contributed by atoms with E-state index in [0.717, 1.165) is 25.7 Å². The minimum absolute atomic E-state index is 0.0228. The summed E-state index contributed by atoms with van der Waals surface area (Å²) in [6.07, 6.45) is -0.108. The molecule has 0 unspecified atom stereocenters. The largest absolute Gasteiger partial charge is 0.522 e. The maximum Gasteiger partial charge on any atom is 0.522 e. The SMILES string of the molecule is CC1(NCCOC(F)(F)F)CCCC1. The van der Waals surface area contributed by atoms with E-state index >= 15 is 0 Å². The maximum absolute atomic E-state index is 11.6. The summed E-state index contributed by atoms with van der Waals surface area (Å²) >= 11 is 0. The predicted octanol–water partition coefficient (Wildman–Crippen LogP) is 2.45. The van der Waals surface area contributed by atoms with Crippen LogP contribution in [0.1, 0.15) is 32.6 Å². The quantitative estimate of drug-likeness (QED) is 0.721. The molecule has 0 aromatic heterocycles. The van der Waals surface area contributed by atoms with Crippen LogP contribution in [0.2, 0.25) is 0 Å². The molecule has 1 saturated carbocycles. The average Bonchev–Trinajstić information content (AvgIpc) is 2.45. The van der Waals surface area contributed by atoms with Crippen LogP contribution >= 0.6 is 0 Å². The smallest absolute Gasteiger partial charge is 0.309 e. The van der Waals surface area contributed by atoms with Gasteiger partial charge in [-0.3, -0.25) is 4.74 Å². The number of nitrogens with one attached hydrogen (secondary N) is 1. The Morgan fingerprint density at radius 1 is 1.29 bits per heavy atom. The van der Waals surface area contributed by atoms with Crippen molar-refractivity contribution in [1.29, 1.82) is 0 Å². The van der Waals surface area contributed by atoms with Gasteiger partial charge in [-0.15, -0.1) is 13.2 Å². The van der Waals surface area contributed by atoms with Crippen LogP contribution in [0.3, 0.4) is 0 Å². The van der Waals surface area contributed by atoms with Crippen molar-refractivity contribution >= 4 is 0 Å². The molecule has 14 heavy (non-hydrogen) atoms. The van der Waals surface area contributed by atoms with Gasteiger partial charge in [0.15, 0.2) is 0 Å². The van der Waals surface area contributed by atoms with Gasteiger partial charge in [-0.1, -0.05) is 12.8 Å². The molecule has 84 valence electrons. The van der Waals surface area contributed by atoms with Gasteiger partial charge < -0.3 is 5.32 Å². The zero-order valence-electron chi connectivity index (χ0n) is 8.28. The number of alkyl halides is 3. The summed E-state index contributed by atoms with van der Waals surface area (Å²) in [5.41, 5.74) is 0.0228. The molecule has 2 nitrogen and oxygen atoms in total. The Balaban J connectivity index is 2.09. The molecular weight excluding hydrogens is 195 g/mol. The Bertz CT molecular complexity index is 175. The summed E-state index contributed by atoms with van der Waals surface area (Å²) in [4.78, 5) is 0. The van der Waals surface area contributed by atoms with Crippen LogP contribution in [0.5, 0.6) is 0 Å². The van der Waals surface area contributed by atoms with Gasteiger partial charge in [-0.05, 0) is 19.8 Å². The van der Waals surface area contributed by atoms with Crippen molar-refractivity contribution in [3.63, 3.8) is 0 Å². The van der Waals surface area contributed by atoms with E-state index in [1.807, 2.05) is 6.92 Å². The molecule has 0 atom stereocenters. The van der Waals surface area contributed by atoms with Crippen molar-refractivity contribution in [1.82, 2.24) is 5.32 Å². The Morgan fingerprint density at radius 2 is 1.86 bits per heavy atom. The molecule has 0 aliphatic heterocycles. The minimum atomic E-state index is -4.50. The molecule has 0 spiro atoms. The van der Waals surface area contributed by atoms with Crippen molar-refractivity contribution in [2.75, 3.05) is 13.2 Å². The molecule has 5 heteroatoms. The van der Waals surface area contributed by atoms with E-state index in [-0.39, 0.29) is 18.7 Å².